The van der Waals surface area contributed by atoms with Crippen molar-refractivity contribution in [3.8, 4) is 5.69 Å². The number of nitrogens with two attached hydrogens (primary N) is 1. The maximum Gasteiger partial charge on any atom is 0.433 e. The average molecular weight is 338 g/mol. The molecule has 24 heavy (non-hydrogen) atoms. The first-order valence-corrected chi connectivity index (χ1v) is 7.64. The summed E-state index contributed by atoms with van der Waals surface area (Å²) in [6.07, 6.45) is -1.71. The number of halogens is 3. The molecule has 2 aromatic rings. The van der Waals surface area contributed by atoms with Crippen LogP contribution in [0.15, 0.2) is 36.5 Å². The minimum absolute atomic E-state index is 0.0170. The summed E-state index contributed by atoms with van der Waals surface area (Å²) in [7, 11) is 0. The van der Waals surface area contributed by atoms with E-state index >= 15 is 0 Å². The maximum absolute atomic E-state index is 13.0. The summed E-state index contributed by atoms with van der Waals surface area (Å²) >= 11 is 0. The molecule has 1 aromatic heterocycles. The Morgan fingerprint density at radius 3 is 2.83 bits per heavy atom. The van der Waals surface area contributed by atoms with Crippen LogP contribution in [0.3, 0.4) is 0 Å². The number of amides is 1. The summed E-state index contributed by atoms with van der Waals surface area (Å²) in [4.78, 5) is 14.3. The van der Waals surface area contributed by atoms with Gasteiger partial charge >= 0.3 is 6.18 Å². The number of hydrogen-bond donors (Lipinski definition) is 1. The van der Waals surface area contributed by atoms with Gasteiger partial charge < -0.3 is 10.6 Å². The Morgan fingerprint density at radius 2 is 2.12 bits per heavy atom. The van der Waals surface area contributed by atoms with Crippen LogP contribution in [0.25, 0.3) is 5.69 Å². The van der Waals surface area contributed by atoms with E-state index in [0.717, 1.165) is 29.8 Å². The predicted molar refractivity (Wildman–Crippen MR) is 81.7 cm³/mol. The smallest absolute Gasteiger partial charge is 0.334 e. The summed E-state index contributed by atoms with van der Waals surface area (Å²) in [5, 5.41) is 3.73. The lowest BCUT2D eigenvalue weighted by Crippen LogP contribution is -2.39. The van der Waals surface area contributed by atoms with Gasteiger partial charge in [0.25, 0.3) is 5.91 Å². The number of benzene rings is 1. The third-order valence-electron chi connectivity index (χ3n) is 4.18. The normalized spacial score (nSPS) is 18.2. The molecule has 1 aliphatic rings. The fourth-order valence-corrected chi connectivity index (χ4v) is 3.01. The summed E-state index contributed by atoms with van der Waals surface area (Å²) < 4.78 is 39.9. The van der Waals surface area contributed by atoms with Crippen molar-refractivity contribution in [2.75, 3.05) is 13.1 Å². The Balaban J connectivity index is 1.93. The van der Waals surface area contributed by atoms with Gasteiger partial charge in [0.05, 0.1) is 11.9 Å². The topological polar surface area (TPSA) is 64.2 Å². The third kappa shape index (κ3) is 3.01. The van der Waals surface area contributed by atoms with Gasteiger partial charge in [-0.15, -0.1) is 0 Å². The fourth-order valence-electron chi connectivity index (χ4n) is 3.01. The minimum atomic E-state index is -4.52. The van der Waals surface area contributed by atoms with Crippen molar-refractivity contribution in [1.29, 1.82) is 0 Å². The van der Waals surface area contributed by atoms with Crippen LogP contribution in [0.2, 0.25) is 0 Å². The molecule has 0 aliphatic carbocycles. The standard InChI is InChI=1S/C16H17F3N4O/c17-16(18,19)14-6-7-21-23(14)12-4-1-3-11(9-12)15(24)22-8-2-5-13(22)10-20/h1,3-4,6-7,9,13H,2,5,8,10,20H2. The van der Waals surface area contributed by atoms with Gasteiger partial charge in [0, 0.05) is 24.7 Å². The predicted octanol–water partition coefficient (Wildman–Crippen LogP) is 2.45. The van der Waals surface area contributed by atoms with Crippen molar-refractivity contribution in [1.82, 2.24) is 14.7 Å². The number of carbonyl (C=O) groups is 1. The second kappa shape index (κ2) is 6.27. The van der Waals surface area contributed by atoms with Crippen molar-refractivity contribution in [3.63, 3.8) is 0 Å². The molecule has 2 heterocycles. The molecule has 1 fully saturated rings. The summed E-state index contributed by atoms with van der Waals surface area (Å²) in [6, 6.07) is 6.95. The summed E-state index contributed by atoms with van der Waals surface area (Å²) in [6.45, 7) is 0.989. The van der Waals surface area contributed by atoms with Gasteiger partial charge in [-0.25, -0.2) is 4.68 Å². The quantitative estimate of drug-likeness (QED) is 0.935. The molecule has 3 rings (SSSR count). The molecule has 0 spiro atoms. The lowest BCUT2D eigenvalue weighted by molar-refractivity contribution is -0.142. The Bertz CT molecular complexity index is 741. The van der Waals surface area contributed by atoms with E-state index in [2.05, 4.69) is 5.10 Å². The zero-order valence-corrected chi connectivity index (χ0v) is 12.8. The highest BCUT2D eigenvalue weighted by Gasteiger charge is 2.35. The Morgan fingerprint density at radius 1 is 1.33 bits per heavy atom. The molecule has 128 valence electrons. The second-order valence-corrected chi connectivity index (χ2v) is 5.71. The summed E-state index contributed by atoms with van der Waals surface area (Å²) in [5.41, 5.74) is 5.33. The van der Waals surface area contributed by atoms with Crippen molar-refractivity contribution in [2.45, 2.75) is 25.1 Å². The van der Waals surface area contributed by atoms with Crippen LogP contribution in [0.4, 0.5) is 13.2 Å². The first kappa shape index (κ1) is 16.5. The molecule has 1 amide bonds. The molecule has 5 nitrogen and oxygen atoms in total. The molecule has 0 saturated carbocycles. The lowest BCUT2D eigenvalue weighted by atomic mass is 10.1. The Kier molecular flexibility index (Phi) is 4.31. The average Bonchev–Trinajstić information content (AvgIpc) is 3.22. The molecule has 2 N–H and O–H groups in total. The van der Waals surface area contributed by atoms with Crippen LogP contribution in [-0.4, -0.2) is 39.7 Å². The van der Waals surface area contributed by atoms with Gasteiger partial charge in [-0.05, 0) is 37.1 Å². The van der Waals surface area contributed by atoms with E-state index in [1.165, 1.54) is 12.1 Å². The fraction of sp³-hybridized carbons (Fsp3) is 0.375. The number of nitrogens with zero attached hydrogens (tertiary/aromatic N) is 3. The molecular formula is C16H17F3N4O. The number of alkyl halides is 3. The summed E-state index contributed by atoms with van der Waals surface area (Å²) in [5.74, 6) is -0.217. The molecular weight excluding hydrogens is 321 g/mol. The zero-order valence-electron chi connectivity index (χ0n) is 12.8. The molecule has 1 saturated heterocycles. The van der Waals surface area contributed by atoms with Crippen LogP contribution in [0.1, 0.15) is 28.9 Å². The first-order valence-electron chi connectivity index (χ1n) is 7.64. The van der Waals surface area contributed by atoms with Crippen LogP contribution in [0.5, 0.6) is 0 Å². The van der Waals surface area contributed by atoms with Crippen LogP contribution >= 0.6 is 0 Å². The van der Waals surface area contributed by atoms with Gasteiger partial charge in [0.1, 0.15) is 5.69 Å². The van der Waals surface area contributed by atoms with E-state index in [-0.39, 0.29) is 17.6 Å². The lowest BCUT2D eigenvalue weighted by Gasteiger charge is -2.23. The maximum atomic E-state index is 13.0. The van der Waals surface area contributed by atoms with Crippen molar-refractivity contribution in [2.24, 2.45) is 5.73 Å². The van der Waals surface area contributed by atoms with E-state index < -0.39 is 11.9 Å². The molecule has 1 aliphatic heterocycles. The number of likely N-dealkylation sites (tertiary alicyclic amines) is 1. The van der Waals surface area contributed by atoms with Gasteiger partial charge in [-0.3, -0.25) is 4.79 Å². The molecule has 1 atom stereocenters. The second-order valence-electron chi connectivity index (χ2n) is 5.71. The van der Waals surface area contributed by atoms with E-state index in [1.807, 2.05) is 0 Å². The third-order valence-corrected chi connectivity index (χ3v) is 4.18. The number of hydrogen-bond acceptors (Lipinski definition) is 3. The highest BCUT2D eigenvalue weighted by atomic mass is 19.4. The van der Waals surface area contributed by atoms with Crippen molar-refractivity contribution in [3.05, 3.63) is 47.8 Å². The van der Waals surface area contributed by atoms with Crippen LogP contribution in [0, 0.1) is 0 Å². The van der Waals surface area contributed by atoms with Crippen molar-refractivity contribution >= 4 is 5.91 Å². The SMILES string of the molecule is NCC1CCCN1C(=O)c1cccc(-n2nccc2C(F)(F)F)c1. The molecule has 0 bridgehead atoms. The number of aromatic nitrogens is 2. The largest absolute Gasteiger partial charge is 0.433 e. The molecule has 1 aromatic carbocycles. The van der Waals surface area contributed by atoms with E-state index in [0.29, 0.717) is 18.7 Å². The Labute approximate surface area is 136 Å². The van der Waals surface area contributed by atoms with Gasteiger partial charge in [0.2, 0.25) is 0 Å². The van der Waals surface area contributed by atoms with E-state index in [1.54, 1.807) is 17.0 Å². The Hall–Kier alpha value is -2.35. The van der Waals surface area contributed by atoms with Crippen LogP contribution in [-0.2, 0) is 6.18 Å². The van der Waals surface area contributed by atoms with E-state index in [4.69, 9.17) is 5.73 Å². The van der Waals surface area contributed by atoms with Crippen LogP contribution < -0.4 is 5.73 Å². The number of rotatable bonds is 3. The van der Waals surface area contributed by atoms with E-state index in [9.17, 15) is 18.0 Å². The van der Waals surface area contributed by atoms with Gasteiger partial charge in [-0.2, -0.15) is 18.3 Å². The van der Waals surface area contributed by atoms with Gasteiger partial charge in [0.15, 0.2) is 0 Å². The highest BCUT2D eigenvalue weighted by Crippen LogP contribution is 2.30. The first-order chi connectivity index (χ1) is 11.4. The zero-order chi connectivity index (χ0) is 17.3. The van der Waals surface area contributed by atoms with Gasteiger partial charge in [-0.1, -0.05) is 6.07 Å². The monoisotopic (exact) mass is 338 g/mol. The molecule has 8 heteroatoms. The molecule has 0 radical (unpaired) electrons. The number of carbonyl (C=O) groups excluding carboxylic acids is 1. The van der Waals surface area contributed by atoms with Crippen molar-refractivity contribution < 1.29 is 18.0 Å². The minimum Gasteiger partial charge on any atom is -0.334 e. The highest BCUT2D eigenvalue weighted by molar-refractivity contribution is 5.95. The molecule has 1 unspecified atom stereocenters.